The van der Waals surface area contributed by atoms with Gasteiger partial charge in [-0.25, -0.2) is 9.78 Å². The fourth-order valence-electron chi connectivity index (χ4n) is 1.72. The molecule has 0 bridgehead atoms. The normalized spacial score (nSPS) is 10.6. The van der Waals surface area contributed by atoms with E-state index in [-0.39, 0.29) is 0 Å². The Morgan fingerprint density at radius 2 is 2.26 bits per heavy atom. The number of benzene rings is 1. The van der Waals surface area contributed by atoms with Gasteiger partial charge in [-0.05, 0) is 17.7 Å². The number of rotatable bonds is 6. The highest BCUT2D eigenvalue weighted by Crippen LogP contribution is 2.07. The third kappa shape index (κ3) is 3.66. The summed E-state index contributed by atoms with van der Waals surface area (Å²) in [4.78, 5) is 15.0. The van der Waals surface area contributed by atoms with Crippen molar-refractivity contribution in [3.8, 4) is 0 Å². The molecule has 5 heteroatoms. The maximum absolute atomic E-state index is 10.8. The number of carbonyl (C=O) groups is 1. The standard InChI is InChI=1S/C14H16N2O3/c1-2-12-8-16-13(19-12)9-15-7-10-4-3-5-11(6-10)14(17)18/h3-6,8,15H,2,7,9H2,1H3,(H,17,18). The molecule has 0 saturated carbocycles. The predicted molar refractivity (Wildman–Crippen MR) is 69.8 cm³/mol. The monoisotopic (exact) mass is 260 g/mol. The van der Waals surface area contributed by atoms with Crippen LogP contribution in [0.2, 0.25) is 0 Å². The topological polar surface area (TPSA) is 75.4 Å². The maximum atomic E-state index is 10.8. The third-order valence-electron chi connectivity index (χ3n) is 2.73. The summed E-state index contributed by atoms with van der Waals surface area (Å²) in [7, 11) is 0. The van der Waals surface area contributed by atoms with E-state index < -0.39 is 5.97 Å². The largest absolute Gasteiger partial charge is 0.478 e. The minimum absolute atomic E-state index is 0.295. The predicted octanol–water partition coefficient (Wildman–Crippen LogP) is 2.22. The average molecular weight is 260 g/mol. The van der Waals surface area contributed by atoms with Crippen LogP contribution in [-0.4, -0.2) is 16.1 Å². The van der Waals surface area contributed by atoms with Gasteiger partial charge in [0.15, 0.2) is 0 Å². The van der Waals surface area contributed by atoms with Gasteiger partial charge >= 0.3 is 5.97 Å². The SMILES string of the molecule is CCc1cnc(CNCc2cccc(C(=O)O)c2)o1. The first-order valence-electron chi connectivity index (χ1n) is 6.15. The van der Waals surface area contributed by atoms with Crippen molar-refractivity contribution in [3.63, 3.8) is 0 Å². The lowest BCUT2D eigenvalue weighted by molar-refractivity contribution is 0.0696. The Balaban J connectivity index is 1.88. The van der Waals surface area contributed by atoms with Crippen LogP contribution in [0, 0.1) is 0 Å². The lowest BCUT2D eigenvalue weighted by Crippen LogP contribution is -2.13. The van der Waals surface area contributed by atoms with E-state index in [4.69, 9.17) is 9.52 Å². The van der Waals surface area contributed by atoms with Crippen LogP contribution in [-0.2, 0) is 19.5 Å². The summed E-state index contributed by atoms with van der Waals surface area (Å²) in [6.07, 6.45) is 2.55. The molecule has 2 N–H and O–H groups in total. The number of hydrogen-bond donors (Lipinski definition) is 2. The molecule has 0 aliphatic carbocycles. The van der Waals surface area contributed by atoms with Crippen molar-refractivity contribution in [2.24, 2.45) is 0 Å². The number of hydrogen-bond acceptors (Lipinski definition) is 4. The molecular formula is C14H16N2O3. The molecule has 0 saturated heterocycles. The molecule has 1 aromatic carbocycles. The van der Waals surface area contributed by atoms with Gasteiger partial charge in [0.05, 0.1) is 18.3 Å². The van der Waals surface area contributed by atoms with Crippen LogP contribution in [0.3, 0.4) is 0 Å². The van der Waals surface area contributed by atoms with Crippen molar-refractivity contribution < 1.29 is 14.3 Å². The summed E-state index contributed by atoms with van der Waals surface area (Å²) in [6, 6.07) is 6.85. The van der Waals surface area contributed by atoms with Crippen molar-refractivity contribution >= 4 is 5.97 Å². The number of aromatic nitrogens is 1. The highest BCUT2D eigenvalue weighted by molar-refractivity contribution is 5.87. The number of nitrogens with one attached hydrogen (secondary N) is 1. The van der Waals surface area contributed by atoms with E-state index in [1.54, 1.807) is 24.4 Å². The lowest BCUT2D eigenvalue weighted by Gasteiger charge is -2.03. The fourth-order valence-corrected chi connectivity index (χ4v) is 1.72. The smallest absolute Gasteiger partial charge is 0.335 e. The fraction of sp³-hybridized carbons (Fsp3) is 0.286. The van der Waals surface area contributed by atoms with E-state index in [0.717, 1.165) is 17.7 Å². The number of aryl methyl sites for hydroxylation is 1. The van der Waals surface area contributed by atoms with Gasteiger partial charge in [-0.2, -0.15) is 0 Å². The van der Waals surface area contributed by atoms with Gasteiger partial charge in [-0.15, -0.1) is 0 Å². The summed E-state index contributed by atoms with van der Waals surface area (Å²) < 4.78 is 5.46. The number of carboxylic acids is 1. The van der Waals surface area contributed by atoms with Crippen LogP contribution in [0.4, 0.5) is 0 Å². The van der Waals surface area contributed by atoms with E-state index in [0.29, 0.717) is 24.5 Å². The molecule has 0 aliphatic heterocycles. The Labute approximate surface area is 111 Å². The second-order valence-corrected chi connectivity index (χ2v) is 4.18. The molecule has 0 spiro atoms. The molecule has 0 unspecified atom stereocenters. The zero-order valence-corrected chi connectivity index (χ0v) is 10.7. The van der Waals surface area contributed by atoms with Crippen LogP contribution in [0.5, 0.6) is 0 Å². The minimum atomic E-state index is -0.915. The highest BCUT2D eigenvalue weighted by Gasteiger charge is 2.04. The Kier molecular flexibility index (Phi) is 4.30. The van der Waals surface area contributed by atoms with Crippen molar-refractivity contribution in [2.45, 2.75) is 26.4 Å². The second kappa shape index (κ2) is 6.15. The molecule has 2 rings (SSSR count). The Morgan fingerprint density at radius 3 is 2.95 bits per heavy atom. The van der Waals surface area contributed by atoms with Crippen LogP contribution < -0.4 is 5.32 Å². The first kappa shape index (κ1) is 13.3. The zero-order chi connectivity index (χ0) is 13.7. The second-order valence-electron chi connectivity index (χ2n) is 4.18. The molecule has 0 fully saturated rings. The zero-order valence-electron chi connectivity index (χ0n) is 10.7. The van der Waals surface area contributed by atoms with Gasteiger partial charge < -0.3 is 14.8 Å². The number of oxazole rings is 1. The highest BCUT2D eigenvalue weighted by atomic mass is 16.4. The number of carboxylic acid groups (broad SMARTS) is 1. The van der Waals surface area contributed by atoms with Gasteiger partial charge in [0.2, 0.25) is 5.89 Å². The van der Waals surface area contributed by atoms with E-state index in [2.05, 4.69) is 10.3 Å². The van der Waals surface area contributed by atoms with E-state index >= 15 is 0 Å². The molecule has 0 amide bonds. The Morgan fingerprint density at radius 1 is 1.42 bits per heavy atom. The summed E-state index contributed by atoms with van der Waals surface area (Å²) in [5, 5.41) is 12.1. The van der Waals surface area contributed by atoms with Crippen LogP contribution in [0.25, 0.3) is 0 Å². The lowest BCUT2D eigenvalue weighted by atomic mass is 10.1. The van der Waals surface area contributed by atoms with Crippen LogP contribution >= 0.6 is 0 Å². The molecule has 100 valence electrons. The summed E-state index contributed by atoms with van der Waals surface area (Å²) in [5.41, 5.74) is 1.21. The van der Waals surface area contributed by atoms with Gasteiger partial charge in [-0.1, -0.05) is 19.1 Å². The molecule has 0 atom stereocenters. The molecule has 5 nitrogen and oxygen atoms in total. The maximum Gasteiger partial charge on any atom is 0.335 e. The van der Waals surface area contributed by atoms with Crippen molar-refractivity contribution in [2.75, 3.05) is 0 Å². The van der Waals surface area contributed by atoms with Crippen molar-refractivity contribution in [1.82, 2.24) is 10.3 Å². The van der Waals surface area contributed by atoms with E-state index in [1.807, 2.05) is 13.0 Å². The minimum Gasteiger partial charge on any atom is -0.478 e. The molecular weight excluding hydrogens is 244 g/mol. The van der Waals surface area contributed by atoms with E-state index in [1.165, 1.54) is 0 Å². The Hall–Kier alpha value is -2.14. The molecule has 1 heterocycles. The average Bonchev–Trinajstić information content (AvgIpc) is 2.87. The van der Waals surface area contributed by atoms with Gasteiger partial charge in [-0.3, -0.25) is 0 Å². The molecule has 1 aromatic heterocycles. The van der Waals surface area contributed by atoms with Gasteiger partial charge in [0, 0.05) is 13.0 Å². The quantitative estimate of drug-likeness (QED) is 0.833. The summed E-state index contributed by atoms with van der Waals surface area (Å²) in [5.74, 6) is 0.595. The first-order valence-corrected chi connectivity index (χ1v) is 6.15. The van der Waals surface area contributed by atoms with Crippen molar-refractivity contribution in [3.05, 3.63) is 53.2 Å². The van der Waals surface area contributed by atoms with Gasteiger partial charge in [0.1, 0.15) is 5.76 Å². The number of aromatic carboxylic acids is 1. The number of nitrogens with zero attached hydrogens (tertiary/aromatic N) is 1. The van der Waals surface area contributed by atoms with Crippen molar-refractivity contribution in [1.29, 1.82) is 0 Å². The molecule has 0 aliphatic rings. The van der Waals surface area contributed by atoms with E-state index in [9.17, 15) is 4.79 Å². The summed E-state index contributed by atoms with van der Waals surface area (Å²) in [6.45, 7) is 3.11. The van der Waals surface area contributed by atoms with Crippen LogP contribution in [0.1, 0.15) is 34.5 Å². The first-order chi connectivity index (χ1) is 9.19. The molecule has 19 heavy (non-hydrogen) atoms. The molecule has 0 radical (unpaired) electrons. The van der Waals surface area contributed by atoms with Gasteiger partial charge in [0.25, 0.3) is 0 Å². The third-order valence-corrected chi connectivity index (χ3v) is 2.73. The molecule has 2 aromatic rings. The Bertz CT molecular complexity index is 563. The van der Waals surface area contributed by atoms with Crippen LogP contribution in [0.15, 0.2) is 34.9 Å². The summed E-state index contributed by atoms with van der Waals surface area (Å²) >= 11 is 0.